The van der Waals surface area contributed by atoms with Gasteiger partial charge in [-0.3, -0.25) is 0 Å². The molecule has 1 rings (SSSR count). The van der Waals surface area contributed by atoms with Crippen molar-refractivity contribution in [1.82, 2.24) is 4.98 Å². The maximum Gasteiger partial charge on any atom is 0.354 e. The molecule has 15 heavy (non-hydrogen) atoms. The minimum Gasteiger partial charge on any atom is -0.477 e. The van der Waals surface area contributed by atoms with Gasteiger partial charge in [-0.05, 0) is 11.6 Å². The van der Waals surface area contributed by atoms with Crippen molar-refractivity contribution in [2.45, 2.75) is 20.0 Å². The smallest absolute Gasteiger partial charge is 0.354 e. The summed E-state index contributed by atoms with van der Waals surface area (Å²) in [5, 5.41) is 8.59. The molecule has 0 unspecified atom stereocenters. The summed E-state index contributed by atoms with van der Waals surface area (Å²) >= 11 is 0. The monoisotopic (exact) mass is 219 g/mol. The number of pyridine rings is 1. The first kappa shape index (κ1) is 11.5. The number of rotatable bonds is 4. The van der Waals surface area contributed by atoms with Crippen molar-refractivity contribution in [3.63, 3.8) is 0 Å². The van der Waals surface area contributed by atoms with E-state index in [0.717, 1.165) is 6.07 Å². The molecular weight excluding hydrogens is 211 g/mol. The molecule has 0 saturated carbocycles. The fourth-order valence-electron chi connectivity index (χ4n) is 1.18. The normalized spacial score (nSPS) is 10.3. The summed E-state index contributed by atoms with van der Waals surface area (Å²) in [5.74, 6) is -1.40. The van der Waals surface area contributed by atoms with Crippen molar-refractivity contribution < 1.29 is 23.1 Å². The van der Waals surface area contributed by atoms with Gasteiger partial charge in [0, 0.05) is 5.56 Å². The van der Waals surface area contributed by atoms with E-state index in [0.29, 0.717) is 0 Å². The van der Waals surface area contributed by atoms with Crippen LogP contribution in [0, 0.1) is 0 Å². The fourth-order valence-corrected chi connectivity index (χ4v) is 1.18. The van der Waals surface area contributed by atoms with E-state index >= 15 is 0 Å². The highest BCUT2D eigenvalue weighted by molar-refractivity contribution is 5.85. The Kier molecular flexibility index (Phi) is 3.65. The van der Waals surface area contributed by atoms with E-state index in [4.69, 9.17) is 5.11 Å². The van der Waals surface area contributed by atoms with Crippen LogP contribution in [0.15, 0.2) is 6.07 Å². The van der Waals surface area contributed by atoms with Gasteiger partial charge in [0.1, 0.15) is 25.7 Å². The van der Waals surface area contributed by atoms with E-state index in [1.807, 2.05) is 0 Å². The summed E-state index contributed by atoms with van der Waals surface area (Å²) in [5.41, 5.74) is -1.21. The highest BCUT2D eigenvalue weighted by atomic mass is 19.1. The molecule has 0 aliphatic rings. The number of alkyl halides is 3. The van der Waals surface area contributed by atoms with Gasteiger partial charge >= 0.3 is 5.97 Å². The largest absolute Gasteiger partial charge is 0.477 e. The molecule has 1 heterocycles. The van der Waals surface area contributed by atoms with Crippen molar-refractivity contribution in [1.29, 1.82) is 0 Å². The van der Waals surface area contributed by atoms with Crippen LogP contribution in [0.2, 0.25) is 0 Å². The molecule has 0 fully saturated rings. The van der Waals surface area contributed by atoms with Gasteiger partial charge in [-0.2, -0.15) is 0 Å². The molecule has 0 radical (unpaired) electrons. The van der Waals surface area contributed by atoms with Gasteiger partial charge in [0.05, 0.1) is 5.69 Å². The molecule has 0 atom stereocenters. The third kappa shape index (κ3) is 2.26. The van der Waals surface area contributed by atoms with Crippen LogP contribution in [0.25, 0.3) is 0 Å². The number of carboxylic acid groups (broad SMARTS) is 1. The van der Waals surface area contributed by atoms with E-state index in [9.17, 15) is 18.0 Å². The molecule has 0 amide bonds. The lowest BCUT2D eigenvalue weighted by atomic mass is 10.1. The lowest BCUT2D eigenvalue weighted by molar-refractivity contribution is 0.0689. The van der Waals surface area contributed by atoms with Crippen LogP contribution < -0.4 is 0 Å². The number of nitrogens with zero attached hydrogens (tertiary/aromatic N) is 1. The van der Waals surface area contributed by atoms with Crippen molar-refractivity contribution in [2.24, 2.45) is 0 Å². The highest BCUT2D eigenvalue weighted by Gasteiger charge is 2.15. The first-order valence-electron chi connectivity index (χ1n) is 4.06. The summed E-state index contributed by atoms with van der Waals surface area (Å²) in [6.45, 7) is -3.23. The zero-order chi connectivity index (χ0) is 11.4. The third-order valence-corrected chi connectivity index (χ3v) is 1.93. The number of hydrogen-bond donors (Lipinski definition) is 1. The first-order chi connectivity index (χ1) is 7.13. The Morgan fingerprint density at radius 2 is 1.93 bits per heavy atom. The zero-order valence-corrected chi connectivity index (χ0v) is 7.64. The number of aromatic nitrogens is 1. The van der Waals surface area contributed by atoms with E-state index in [1.54, 1.807) is 0 Å². The minimum atomic E-state index is -1.40. The quantitative estimate of drug-likeness (QED) is 0.844. The lowest BCUT2D eigenvalue weighted by Gasteiger charge is -2.08. The van der Waals surface area contributed by atoms with Gasteiger partial charge < -0.3 is 5.11 Å². The van der Waals surface area contributed by atoms with E-state index in [-0.39, 0.29) is 16.8 Å². The molecule has 1 aromatic heterocycles. The Bertz CT molecular complexity index is 357. The molecule has 0 bridgehead atoms. The Balaban J connectivity index is 3.35. The topological polar surface area (TPSA) is 50.2 Å². The average molecular weight is 219 g/mol. The molecule has 0 aromatic carbocycles. The fraction of sp³-hybridized carbons (Fsp3) is 0.333. The first-order valence-corrected chi connectivity index (χ1v) is 4.06. The maximum atomic E-state index is 12.4. The standard InChI is InChI=1S/C9H8F3NO2/c10-2-5-1-7(9(14)15)13-8(4-12)6(5)3-11/h1H,2-4H2,(H,14,15). The van der Waals surface area contributed by atoms with Crippen LogP contribution in [0.1, 0.15) is 27.3 Å². The molecule has 0 aliphatic carbocycles. The van der Waals surface area contributed by atoms with E-state index < -0.39 is 31.7 Å². The lowest BCUT2D eigenvalue weighted by Crippen LogP contribution is -2.08. The van der Waals surface area contributed by atoms with Crippen LogP contribution in [-0.2, 0) is 20.0 Å². The van der Waals surface area contributed by atoms with E-state index in [1.165, 1.54) is 0 Å². The van der Waals surface area contributed by atoms with Crippen LogP contribution >= 0.6 is 0 Å². The van der Waals surface area contributed by atoms with Crippen LogP contribution in [0.4, 0.5) is 13.2 Å². The Labute approximate surface area is 83.6 Å². The van der Waals surface area contributed by atoms with Gasteiger partial charge in [0.2, 0.25) is 0 Å². The van der Waals surface area contributed by atoms with Crippen LogP contribution in [-0.4, -0.2) is 16.1 Å². The van der Waals surface area contributed by atoms with E-state index in [2.05, 4.69) is 4.98 Å². The summed E-state index contributed by atoms with van der Waals surface area (Å²) in [7, 11) is 0. The SMILES string of the molecule is O=C(O)c1cc(CF)c(CF)c(CF)n1. The second-order valence-electron chi connectivity index (χ2n) is 2.80. The van der Waals surface area contributed by atoms with Crippen molar-refractivity contribution >= 4 is 5.97 Å². The predicted molar refractivity (Wildman–Crippen MR) is 45.6 cm³/mol. The number of halogens is 3. The average Bonchev–Trinajstić information content (AvgIpc) is 2.26. The maximum absolute atomic E-state index is 12.4. The van der Waals surface area contributed by atoms with Gasteiger partial charge in [-0.1, -0.05) is 0 Å². The summed E-state index contributed by atoms with van der Waals surface area (Å²) < 4.78 is 37.2. The minimum absolute atomic E-state index is 0.169. The van der Waals surface area contributed by atoms with Gasteiger partial charge in [-0.15, -0.1) is 0 Å². The predicted octanol–water partition coefficient (Wildman–Crippen LogP) is 2.19. The van der Waals surface area contributed by atoms with Crippen molar-refractivity contribution in [3.05, 3.63) is 28.6 Å². The Morgan fingerprint density at radius 1 is 1.27 bits per heavy atom. The molecule has 3 nitrogen and oxygen atoms in total. The Hall–Kier alpha value is -1.59. The van der Waals surface area contributed by atoms with Gasteiger partial charge in [0.25, 0.3) is 0 Å². The molecule has 82 valence electrons. The zero-order valence-electron chi connectivity index (χ0n) is 7.64. The van der Waals surface area contributed by atoms with Gasteiger partial charge in [0.15, 0.2) is 0 Å². The molecule has 0 saturated heterocycles. The third-order valence-electron chi connectivity index (χ3n) is 1.93. The highest BCUT2D eigenvalue weighted by Crippen LogP contribution is 2.18. The second-order valence-corrected chi connectivity index (χ2v) is 2.80. The Morgan fingerprint density at radius 3 is 2.33 bits per heavy atom. The van der Waals surface area contributed by atoms with Crippen LogP contribution in [0.3, 0.4) is 0 Å². The molecule has 1 aromatic rings. The number of hydrogen-bond acceptors (Lipinski definition) is 2. The summed E-state index contributed by atoms with van der Waals surface area (Å²) in [6.07, 6.45) is 0. The molecule has 6 heteroatoms. The number of aromatic carboxylic acids is 1. The van der Waals surface area contributed by atoms with Gasteiger partial charge in [-0.25, -0.2) is 22.9 Å². The van der Waals surface area contributed by atoms with Crippen molar-refractivity contribution in [2.75, 3.05) is 0 Å². The number of carbonyl (C=O) groups is 1. The number of carboxylic acids is 1. The molecule has 1 N–H and O–H groups in total. The summed E-state index contributed by atoms with van der Waals surface area (Å²) in [6, 6.07) is 0.913. The van der Waals surface area contributed by atoms with Crippen LogP contribution in [0.5, 0.6) is 0 Å². The van der Waals surface area contributed by atoms with Crippen molar-refractivity contribution in [3.8, 4) is 0 Å². The molecular formula is C9H8F3NO2. The summed E-state index contributed by atoms with van der Waals surface area (Å²) in [4.78, 5) is 13.9. The molecule has 0 aliphatic heterocycles. The second kappa shape index (κ2) is 4.77. The molecule has 0 spiro atoms.